The highest BCUT2D eigenvalue weighted by molar-refractivity contribution is 5.98. The van der Waals surface area contributed by atoms with Crippen molar-refractivity contribution in [2.45, 2.75) is 18.6 Å². The molecule has 0 amide bonds. The minimum absolute atomic E-state index is 0.00968. The van der Waals surface area contributed by atoms with Gasteiger partial charge in [0, 0.05) is 17.5 Å². The highest BCUT2D eigenvalue weighted by Crippen LogP contribution is 2.36. The third-order valence-corrected chi connectivity index (χ3v) is 2.71. The lowest BCUT2D eigenvalue weighted by Crippen LogP contribution is -2.21. The summed E-state index contributed by atoms with van der Waals surface area (Å²) in [4.78, 5) is 0. The van der Waals surface area contributed by atoms with Crippen LogP contribution in [0.4, 0.5) is 0 Å². The zero-order chi connectivity index (χ0) is 11.1. The Morgan fingerprint density at radius 3 is 2.80 bits per heavy atom. The molecule has 1 aliphatic carbocycles. The summed E-state index contributed by atoms with van der Waals surface area (Å²) in [6.07, 6.45) is 0.743. The summed E-state index contributed by atoms with van der Waals surface area (Å²) >= 11 is 0. The maximum absolute atomic E-state index is 9.64. The van der Waals surface area contributed by atoms with Gasteiger partial charge in [-0.3, -0.25) is 0 Å². The number of aliphatic hydroxyl groups is 2. The average Bonchev–Trinajstić information content (AvgIpc) is 2.54. The number of amidine groups is 1. The lowest BCUT2D eigenvalue weighted by atomic mass is 10.0. The minimum atomic E-state index is -1.79. The summed E-state index contributed by atoms with van der Waals surface area (Å²) in [5.74, 6) is -1.80. The molecule has 0 spiro atoms. The maximum atomic E-state index is 9.64. The van der Waals surface area contributed by atoms with Crippen LogP contribution >= 0.6 is 0 Å². The van der Waals surface area contributed by atoms with Gasteiger partial charge < -0.3 is 21.2 Å². The van der Waals surface area contributed by atoms with Crippen LogP contribution in [0.3, 0.4) is 0 Å². The lowest BCUT2D eigenvalue weighted by molar-refractivity contribution is -0.166. The molecule has 1 aliphatic rings. The van der Waals surface area contributed by atoms with Crippen LogP contribution in [0.25, 0.3) is 0 Å². The first kappa shape index (κ1) is 9.95. The molecule has 0 aromatic heterocycles. The summed E-state index contributed by atoms with van der Waals surface area (Å²) in [7, 11) is 0. The molecule has 0 radical (unpaired) electrons. The Labute approximate surface area is 86.5 Å². The largest absolute Gasteiger partial charge is 0.409 e. The van der Waals surface area contributed by atoms with Crippen molar-refractivity contribution < 1.29 is 15.4 Å². The fourth-order valence-corrected chi connectivity index (χ4v) is 1.96. The van der Waals surface area contributed by atoms with Gasteiger partial charge in [0.25, 0.3) is 0 Å². The molecular weight excluding hydrogens is 196 g/mol. The highest BCUT2D eigenvalue weighted by atomic mass is 16.5. The Hall–Kier alpha value is -1.59. The molecule has 2 rings (SSSR count). The normalized spacial score (nSPS) is 18.9. The molecule has 15 heavy (non-hydrogen) atoms. The molecule has 0 unspecified atom stereocenters. The van der Waals surface area contributed by atoms with E-state index in [1.54, 1.807) is 18.2 Å². The number of oxime groups is 1. The summed E-state index contributed by atoms with van der Waals surface area (Å²) in [5, 5.41) is 30.8. The molecule has 0 bridgehead atoms. The first-order valence-electron chi connectivity index (χ1n) is 4.61. The van der Waals surface area contributed by atoms with Crippen molar-refractivity contribution in [3.63, 3.8) is 0 Å². The fraction of sp³-hybridized carbons (Fsp3) is 0.300. The van der Waals surface area contributed by atoms with Crippen molar-refractivity contribution in [2.24, 2.45) is 10.9 Å². The van der Waals surface area contributed by atoms with Gasteiger partial charge in [0.05, 0.1) is 0 Å². The maximum Gasteiger partial charge on any atom is 0.190 e. The minimum Gasteiger partial charge on any atom is -0.409 e. The van der Waals surface area contributed by atoms with Crippen LogP contribution in [-0.4, -0.2) is 21.3 Å². The van der Waals surface area contributed by atoms with E-state index in [9.17, 15) is 10.2 Å². The molecule has 1 aromatic carbocycles. The lowest BCUT2D eigenvalue weighted by Gasteiger charge is -2.16. The summed E-state index contributed by atoms with van der Waals surface area (Å²) in [6, 6.07) is 4.98. The van der Waals surface area contributed by atoms with Crippen molar-refractivity contribution in [1.29, 1.82) is 0 Å². The predicted molar refractivity (Wildman–Crippen MR) is 53.4 cm³/mol. The Morgan fingerprint density at radius 1 is 1.40 bits per heavy atom. The third kappa shape index (κ3) is 1.45. The van der Waals surface area contributed by atoms with E-state index in [1.807, 2.05) is 0 Å². The van der Waals surface area contributed by atoms with Crippen LogP contribution < -0.4 is 5.73 Å². The van der Waals surface area contributed by atoms with Gasteiger partial charge in [-0.1, -0.05) is 23.4 Å². The number of nitrogens with zero attached hydrogens (tertiary/aromatic N) is 1. The summed E-state index contributed by atoms with van der Waals surface area (Å²) < 4.78 is 0. The van der Waals surface area contributed by atoms with Gasteiger partial charge in [-0.15, -0.1) is 0 Å². The smallest absolute Gasteiger partial charge is 0.190 e. The van der Waals surface area contributed by atoms with Gasteiger partial charge in [-0.2, -0.15) is 0 Å². The second-order valence-electron chi connectivity index (χ2n) is 3.63. The Bertz CT molecular complexity index is 427. The molecule has 0 aliphatic heterocycles. The number of benzene rings is 1. The molecule has 0 heterocycles. The van der Waals surface area contributed by atoms with Crippen LogP contribution in [0.5, 0.6) is 0 Å². The van der Waals surface area contributed by atoms with Gasteiger partial charge >= 0.3 is 0 Å². The van der Waals surface area contributed by atoms with Gasteiger partial charge in [-0.05, 0) is 12.0 Å². The fourth-order valence-electron chi connectivity index (χ4n) is 1.96. The van der Waals surface area contributed by atoms with Gasteiger partial charge in [0.15, 0.2) is 11.6 Å². The molecule has 5 nitrogen and oxygen atoms in total. The van der Waals surface area contributed by atoms with Crippen molar-refractivity contribution >= 4 is 5.84 Å². The van der Waals surface area contributed by atoms with E-state index in [-0.39, 0.29) is 12.3 Å². The molecule has 1 aromatic rings. The second kappa shape index (κ2) is 3.22. The SMILES string of the molecule is N/C(=N/O)c1cccc2c1CCC2(O)O. The molecular formula is C10H12N2O3. The Morgan fingerprint density at radius 2 is 2.13 bits per heavy atom. The van der Waals surface area contributed by atoms with Gasteiger partial charge in [-0.25, -0.2) is 0 Å². The van der Waals surface area contributed by atoms with Gasteiger partial charge in [0.1, 0.15) is 0 Å². The Kier molecular flexibility index (Phi) is 2.13. The summed E-state index contributed by atoms with van der Waals surface area (Å²) in [5.41, 5.74) is 7.22. The zero-order valence-electron chi connectivity index (χ0n) is 8.01. The van der Waals surface area contributed by atoms with E-state index in [2.05, 4.69) is 5.16 Å². The van der Waals surface area contributed by atoms with Crippen LogP contribution in [0.2, 0.25) is 0 Å². The monoisotopic (exact) mass is 208 g/mol. The molecule has 0 saturated heterocycles. The standard InChI is InChI=1S/C10H12N2O3/c11-9(12-15)7-2-1-3-8-6(7)4-5-10(8,13)14/h1-3,13-15H,4-5H2,(H2,11,12). The molecule has 80 valence electrons. The molecule has 0 fully saturated rings. The van der Waals surface area contributed by atoms with Crippen LogP contribution in [0, 0.1) is 0 Å². The van der Waals surface area contributed by atoms with Crippen LogP contribution in [-0.2, 0) is 12.2 Å². The third-order valence-electron chi connectivity index (χ3n) is 2.71. The van der Waals surface area contributed by atoms with E-state index >= 15 is 0 Å². The number of rotatable bonds is 1. The number of fused-ring (bicyclic) bond motifs is 1. The average molecular weight is 208 g/mol. The topological polar surface area (TPSA) is 99.1 Å². The van der Waals surface area contributed by atoms with Crippen LogP contribution in [0.1, 0.15) is 23.1 Å². The number of hydrogen-bond donors (Lipinski definition) is 4. The summed E-state index contributed by atoms with van der Waals surface area (Å²) in [6.45, 7) is 0. The predicted octanol–water partition coefficient (Wildman–Crippen LogP) is -0.135. The van der Waals surface area contributed by atoms with Crippen LogP contribution in [0.15, 0.2) is 23.4 Å². The zero-order valence-corrected chi connectivity index (χ0v) is 8.01. The molecule has 5 heteroatoms. The van der Waals surface area contributed by atoms with Crippen molar-refractivity contribution in [2.75, 3.05) is 0 Å². The Balaban J connectivity index is 2.59. The molecule has 0 atom stereocenters. The van der Waals surface area contributed by atoms with Crippen molar-refractivity contribution in [3.8, 4) is 0 Å². The first-order valence-corrected chi connectivity index (χ1v) is 4.61. The quantitative estimate of drug-likeness (QED) is 0.170. The van der Waals surface area contributed by atoms with Crippen molar-refractivity contribution in [1.82, 2.24) is 0 Å². The highest BCUT2D eigenvalue weighted by Gasteiger charge is 2.35. The molecule has 0 saturated carbocycles. The number of nitrogens with two attached hydrogens (primary N) is 1. The number of hydrogen-bond acceptors (Lipinski definition) is 4. The second-order valence-corrected chi connectivity index (χ2v) is 3.63. The van der Waals surface area contributed by atoms with E-state index in [4.69, 9.17) is 10.9 Å². The van der Waals surface area contributed by atoms with E-state index in [0.29, 0.717) is 17.5 Å². The van der Waals surface area contributed by atoms with E-state index in [1.165, 1.54) is 0 Å². The van der Waals surface area contributed by atoms with E-state index < -0.39 is 5.79 Å². The van der Waals surface area contributed by atoms with Crippen molar-refractivity contribution in [3.05, 3.63) is 34.9 Å². The van der Waals surface area contributed by atoms with E-state index in [0.717, 1.165) is 5.56 Å². The molecule has 5 N–H and O–H groups in total. The first-order chi connectivity index (χ1) is 7.06. The van der Waals surface area contributed by atoms with Gasteiger partial charge in [0.2, 0.25) is 0 Å².